The summed E-state index contributed by atoms with van der Waals surface area (Å²) in [5.74, 6) is 0. The molecule has 0 saturated heterocycles. The third-order valence-electron chi connectivity index (χ3n) is 1.06. The zero-order valence-electron chi connectivity index (χ0n) is 5.96. The molecule has 0 saturated carbocycles. The second-order valence-electron chi connectivity index (χ2n) is 1.91. The number of carbonyl (C=O) groups is 1. The molecule has 0 aliphatic carbocycles. The molecular formula is C5H14ClN3O. The highest BCUT2D eigenvalue weighted by Crippen LogP contribution is 1.80. The van der Waals surface area contributed by atoms with Gasteiger partial charge in [0.15, 0.2) is 0 Å². The van der Waals surface area contributed by atoms with Crippen LogP contribution in [0, 0.1) is 0 Å². The van der Waals surface area contributed by atoms with Crippen molar-refractivity contribution in [1.82, 2.24) is 5.32 Å². The number of urea groups is 1. The Hall–Kier alpha value is -0.480. The SMILES string of the molecule is CCC(N)CNC(N)=O.Cl. The Bertz CT molecular complexity index is 98.9. The Morgan fingerprint density at radius 2 is 2.20 bits per heavy atom. The lowest BCUT2D eigenvalue weighted by Gasteiger charge is -2.06. The summed E-state index contributed by atoms with van der Waals surface area (Å²) in [7, 11) is 0. The molecule has 62 valence electrons. The summed E-state index contributed by atoms with van der Waals surface area (Å²) in [6.45, 7) is 2.42. The molecule has 1 atom stereocenters. The summed E-state index contributed by atoms with van der Waals surface area (Å²) < 4.78 is 0. The number of nitrogens with two attached hydrogens (primary N) is 2. The van der Waals surface area contributed by atoms with E-state index in [1.165, 1.54) is 0 Å². The van der Waals surface area contributed by atoms with E-state index in [0.717, 1.165) is 6.42 Å². The van der Waals surface area contributed by atoms with E-state index in [-0.39, 0.29) is 18.4 Å². The molecular weight excluding hydrogens is 154 g/mol. The minimum atomic E-state index is -0.515. The summed E-state index contributed by atoms with van der Waals surface area (Å²) in [6, 6.07) is -0.489. The second-order valence-corrected chi connectivity index (χ2v) is 1.91. The Morgan fingerprint density at radius 3 is 2.50 bits per heavy atom. The van der Waals surface area contributed by atoms with Crippen LogP contribution >= 0.6 is 12.4 Å². The maximum absolute atomic E-state index is 10.1. The van der Waals surface area contributed by atoms with Crippen LogP contribution in [0.1, 0.15) is 13.3 Å². The predicted octanol–water partition coefficient (Wildman–Crippen LogP) is -0.186. The van der Waals surface area contributed by atoms with Gasteiger partial charge < -0.3 is 16.8 Å². The van der Waals surface area contributed by atoms with E-state index in [2.05, 4.69) is 5.32 Å². The molecule has 0 aromatic heterocycles. The van der Waals surface area contributed by atoms with Crippen LogP contribution in [0.3, 0.4) is 0 Å². The molecule has 2 amide bonds. The zero-order valence-corrected chi connectivity index (χ0v) is 6.78. The first-order valence-electron chi connectivity index (χ1n) is 2.95. The van der Waals surface area contributed by atoms with Crippen LogP contribution in [0.25, 0.3) is 0 Å². The first-order valence-corrected chi connectivity index (χ1v) is 2.95. The van der Waals surface area contributed by atoms with Crippen LogP contribution in [0.15, 0.2) is 0 Å². The van der Waals surface area contributed by atoms with Crippen LogP contribution in [-0.4, -0.2) is 18.6 Å². The topological polar surface area (TPSA) is 81.1 Å². The predicted molar refractivity (Wildman–Crippen MR) is 43.1 cm³/mol. The fourth-order valence-corrected chi connectivity index (χ4v) is 0.376. The second kappa shape index (κ2) is 6.64. The van der Waals surface area contributed by atoms with Crippen LogP contribution in [0.2, 0.25) is 0 Å². The largest absolute Gasteiger partial charge is 0.352 e. The minimum Gasteiger partial charge on any atom is -0.352 e. The van der Waals surface area contributed by atoms with Crippen molar-refractivity contribution in [2.75, 3.05) is 6.54 Å². The standard InChI is InChI=1S/C5H13N3O.ClH/c1-2-4(6)3-8-5(7)9;/h4H,2-3,6H2,1H3,(H3,7,8,9);1H. The number of rotatable bonds is 3. The fraction of sp³-hybridized carbons (Fsp3) is 0.800. The number of hydrogen-bond acceptors (Lipinski definition) is 2. The Balaban J connectivity index is 0. The quantitative estimate of drug-likeness (QED) is 0.545. The summed E-state index contributed by atoms with van der Waals surface area (Å²) in [4.78, 5) is 10.1. The molecule has 5 N–H and O–H groups in total. The van der Waals surface area contributed by atoms with Gasteiger partial charge in [0.1, 0.15) is 0 Å². The van der Waals surface area contributed by atoms with E-state index in [4.69, 9.17) is 11.5 Å². The van der Waals surface area contributed by atoms with E-state index in [0.29, 0.717) is 6.54 Å². The van der Waals surface area contributed by atoms with Crippen molar-refractivity contribution < 1.29 is 4.79 Å². The third kappa shape index (κ3) is 7.52. The lowest BCUT2D eigenvalue weighted by atomic mass is 10.2. The molecule has 0 aliphatic heterocycles. The van der Waals surface area contributed by atoms with Crippen molar-refractivity contribution in [1.29, 1.82) is 0 Å². The number of halogens is 1. The van der Waals surface area contributed by atoms with Gasteiger partial charge in [0.05, 0.1) is 0 Å². The molecule has 4 nitrogen and oxygen atoms in total. The zero-order chi connectivity index (χ0) is 7.28. The highest BCUT2D eigenvalue weighted by atomic mass is 35.5. The highest BCUT2D eigenvalue weighted by molar-refractivity contribution is 5.85. The molecule has 10 heavy (non-hydrogen) atoms. The number of hydrogen-bond donors (Lipinski definition) is 3. The Labute approximate surface area is 66.7 Å². The normalized spacial score (nSPS) is 11.4. The van der Waals surface area contributed by atoms with Crippen molar-refractivity contribution in [3.8, 4) is 0 Å². The van der Waals surface area contributed by atoms with Gasteiger partial charge in [0, 0.05) is 12.6 Å². The van der Waals surface area contributed by atoms with Crippen LogP contribution in [0.5, 0.6) is 0 Å². The van der Waals surface area contributed by atoms with Crippen molar-refractivity contribution in [3.63, 3.8) is 0 Å². The molecule has 0 radical (unpaired) electrons. The molecule has 0 aliphatic rings. The minimum absolute atomic E-state index is 0. The lowest BCUT2D eigenvalue weighted by molar-refractivity contribution is 0.248. The summed E-state index contributed by atoms with van der Waals surface area (Å²) in [5.41, 5.74) is 10.2. The molecule has 0 aromatic carbocycles. The third-order valence-corrected chi connectivity index (χ3v) is 1.06. The number of nitrogens with one attached hydrogen (secondary N) is 1. The van der Waals surface area contributed by atoms with Crippen LogP contribution in [0.4, 0.5) is 4.79 Å². The van der Waals surface area contributed by atoms with Gasteiger partial charge in [0.2, 0.25) is 0 Å². The smallest absolute Gasteiger partial charge is 0.312 e. The van der Waals surface area contributed by atoms with Crippen molar-refractivity contribution in [2.45, 2.75) is 19.4 Å². The number of carbonyl (C=O) groups excluding carboxylic acids is 1. The maximum Gasteiger partial charge on any atom is 0.312 e. The average molecular weight is 168 g/mol. The molecule has 1 unspecified atom stereocenters. The van der Waals surface area contributed by atoms with Gasteiger partial charge in [-0.1, -0.05) is 6.92 Å². The summed E-state index contributed by atoms with van der Waals surface area (Å²) in [6.07, 6.45) is 0.848. The molecule has 0 fully saturated rings. The van der Waals surface area contributed by atoms with Gasteiger partial charge in [-0.2, -0.15) is 0 Å². The molecule has 5 heteroatoms. The van der Waals surface area contributed by atoms with Crippen molar-refractivity contribution in [2.24, 2.45) is 11.5 Å². The average Bonchev–Trinajstić information content (AvgIpc) is 1.83. The van der Waals surface area contributed by atoms with E-state index in [9.17, 15) is 4.79 Å². The number of amides is 2. The molecule has 0 bridgehead atoms. The molecule has 0 spiro atoms. The lowest BCUT2D eigenvalue weighted by Crippen LogP contribution is -2.39. The van der Waals surface area contributed by atoms with E-state index in [1.54, 1.807) is 0 Å². The van der Waals surface area contributed by atoms with Gasteiger partial charge in [-0.3, -0.25) is 0 Å². The van der Waals surface area contributed by atoms with Gasteiger partial charge in [0.25, 0.3) is 0 Å². The van der Waals surface area contributed by atoms with E-state index < -0.39 is 6.03 Å². The van der Waals surface area contributed by atoms with Gasteiger partial charge in [-0.15, -0.1) is 12.4 Å². The first-order chi connectivity index (χ1) is 4.16. The Kier molecular flexibility index (Phi) is 8.11. The number of primary amides is 1. The summed E-state index contributed by atoms with van der Waals surface area (Å²) >= 11 is 0. The van der Waals surface area contributed by atoms with Crippen LogP contribution in [-0.2, 0) is 0 Å². The van der Waals surface area contributed by atoms with Gasteiger partial charge >= 0.3 is 6.03 Å². The van der Waals surface area contributed by atoms with Gasteiger partial charge in [-0.25, -0.2) is 4.79 Å². The molecule has 0 heterocycles. The maximum atomic E-state index is 10.1. The summed E-state index contributed by atoms with van der Waals surface area (Å²) in [5, 5.41) is 2.41. The fourth-order valence-electron chi connectivity index (χ4n) is 0.376. The molecule has 0 aromatic rings. The van der Waals surface area contributed by atoms with Crippen molar-refractivity contribution in [3.05, 3.63) is 0 Å². The molecule has 0 rings (SSSR count). The van der Waals surface area contributed by atoms with Crippen LogP contribution < -0.4 is 16.8 Å². The van der Waals surface area contributed by atoms with E-state index >= 15 is 0 Å². The van der Waals surface area contributed by atoms with Crippen molar-refractivity contribution >= 4 is 18.4 Å². The highest BCUT2D eigenvalue weighted by Gasteiger charge is 1.97. The van der Waals surface area contributed by atoms with Gasteiger partial charge in [-0.05, 0) is 6.42 Å². The monoisotopic (exact) mass is 167 g/mol. The first kappa shape index (κ1) is 12.2. The Morgan fingerprint density at radius 1 is 1.70 bits per heavy atom. The van der Waals surface area contributed by atoms with E-state index in [1.807, 2.05) is 6.92 Å².